The standard InChI is InChI=1S/C24H23F3N6O5/c1-33-21(12-20(32-33)24(25,26)27)31-23(34)30-14-5-4-6-15(9-14)38-22-16-10-18(36-3)19(37-8-7-35-2)11-17(16)28-13-29-22/h4-6,9-13H,7-8H2,1-3H3,(H2,30,31,34). The first-order chi connectivity index (χ1) is 18.2. The number of hydrogen-bond donors (Lipinski definition) is 2. The van der Waals surface area contributed by atoms with E-state index in [1.807, 2.05) is 0 Å². The molecule has 11 nitrogen and oxygen atoms in total. The summed E-state index contributed by atoms with van der Waals surface area (Å²) in [6, 6.07) is 9.74. The van der Waals surface area contributed by atoms with Crippen molar-refractivity contribution in [3.8, 4) is 23.1 Å². The average Bonchev–Trinajstić information content (AvgIpc) is 3.24. The van der Waals surface area contributed by atoms with Gasteiger partial charge in [0.2, 0.25) is 5.88 Å². The second-order valence-electron chi connectivity index (χ2n) is 7.79. The van der Waals surface area contributed by atoms with Gasteiger partial charge in [0.05, 0.1) is 24.6 Å². The number of nitrogens with zero attached hydrogens (tertiary/aromatic N) is 4. The largest absolute Gasteiger partial charge is 0.493 e. The number of amides is 2. The number of aryl methyl sites for hydroxylation is 1. The second kappa shape index (κ2) is 11.2. The molecule has 2 heterocycles. The molecule has 0 saturated carbocycles. The fourth-order valence-electron chi connectivity index (χ4n) is 3.38. The Morgan fingerprint density at radius 2 is 1.84 bits per heavy atom. The third-order valence-electron chi connectivity index (χ3n) is 5.15. The number of alkyl halides is 3. The molecule has 200 valence electrons. The van der Waals surface area contributed by atoms with E-state index in [0.29, 0.717) is 47.1 Å². The summed E-state index contributed by atoms with van der Waals surface area (Å²) in [5, 5.41) is 8.79. The summed E-state index contributed by atoms with van der Waals surface area (Å²) >= 11 is 0. The number of hydrogen-bond acceptors (Lipinski definition) is 8. The molecule has 2 aromatic heterocycles. The molecule has 0 radical (unpaired) electrons. The molecule has 14 heteroatoms. The van der Waals surface area contributed by atoms with Crippen LogP contribution in [0.25, 0.3) is 10.9 Å². The van der Waals surface area contributed by atoms with Crippen molar-refractivity contribution in [2.45, 2.75) is 6.18 Å². The maximum atomic E-state index is 12.9. The minimum absolute atomic E-state index is 0.130. The topological polar surface area (TPSA) is 122 Å². The van der Waals surface area contributed by atoms with Crippen LogP contribution in [0.3, 0.4) is 0 Å². The minimum atomic E-state index is -4.63. The van der Waals surface area contributed by atoms with E-state index in [2.05, 4.69) is 25.7 Å². The minimum Gasteiger partial charge on any atom is -0.493 e. The first kappa shape index (κ1) is 26.5. The summed E-state index contributed by atoms with van der Waals surface area (Å²) in [5.74, 6) is 1.36. The van der Waals surface area contributed by atoms with Crippen LogP contribution in [0.1, 0.15) is 5.69 Å². The number of carbonyl (C=O) groups is 1. The van der Waals surface area contributed by atoms with E-state index in [1.54, 1.807) is 37.4 Å². The maximum absolute atomic E-state index is 12.9. The van der Waals surface area contributed by atoms with Gasteiger partial charge in [-0.05, 0) is 18.2 Å². The van der Waals surface area contributed by atoms with Crippen LogP contribution in [-0.2, 0) is 18.0 Å². The zero-order valence-electron chi connectivity index (χ0n) is 20.5. The van der Waals surface area contributed by atoms with Crippen LogP contribution in [0.4, 0.5) is 29.5 Å². The van der Waals surface area contributed by atoms with E-state index in [1.165, 1.54) is 26.6 Å². The number of nitrogens with one attached hydrogen (secondary N) is 2. The van der Waals surface area contributed by atoms with Crippen LogP contribution in [0.2, 0.25) is 0 Å². The summed E-state index contributed by atoms with van der Waals surface area (Å²) in [7, 11) is 4.36. The SMILES string of the molecule is COCCOc1cc2ncnc(Oc3cccc(NC(=O)Nc4cc(C(F)(F)F)nn4C)c3)c2cc1OC. The molecule has 0 aliphatic rings. The van der Waals surface area contributed by atoms with Crippen molar-refractivity contribution in [1.29, 1.82) is 0 Å². The lowest BCUT2D eigenvalue weighted by atomic mass is 10.2. The highest BCUT2D eigenvalue weighted by atomic mass is 19.4. The fraction of sp³-hybridized carbons (Fsp3) is 0.250. The molecule has 0 saturated heterocycles. The number of anilines is 2. The smallest absolute Gasteiger partial charge is 0.435 e. The molecule has 4 aromatic rings. The Hall–Kier alpha value is -4.59. The van der Waals surface area contributed by atoms with Gasteiger partial charge in [-0.25, -0.2) is 14.8 Å². The summed E-state index contributed by atoms with van der Waals surface area (Å²) in [4.78, 5) is 20.9. The Morgan fingerprint density at radius 3 is 2.55 bits per heavy atom. The van der Waals surface area contributed by atoms with Crippen molar-refractivity contribution in [1.82, 2.24) is 19.7 Å². The lowest BCUT2D eigenvalue weighted by molar-refractivity contribution is -0.141. The lowest BCUT2D eigenvalue weighted by Gasteiger charge is -2.13. The van der Waals surface area contributed by atoms with Crippen LogP contribution < -0.4 is 24.8 Å². The Morgan fingerprint density at radius 1 is 1.03 bits per heavy atom. The van der Waals surface area contributed by atoms with Crippen LogP contribution >= 0.6 is 0 Å². The van der Waals surface area contributed by atoms with Gasteiger partial charge in [-0.15, -0.1) is 0 Å². The molecule has 4 rings (SSSR count). The first-order valence-corrected chi connectivity index (χ1v) is 11.1. The molecular formula is C24H23F3N6O5. The van der Waals surface area contributed by atoms with Crippen molar-refractivity contribution in [2.24, 2.45) is 7.05 Å². The highest BCUT2D eigenvalue weighted by Gasteiger charge is 2.34. The molecule has 0 atom stereocenters. The number of ether oxygens (including phenoxy) is 4. The van der Waals surface area contributed by atoms with Gasteiger partial charge in [-0.3, -0.25) is 10.00 Å². The van der Waals surface area contributed by atoms with Crippen LogP contribution in [0.5, 0.6) is 23.1 Å². The van der Waals surface area contributed by atoms with Crippen LogP contribution in [0, 0.1) is 0 Å². The van der Waals surface area contributed by atoms with Gasteiger partial charge in [0.25, 0.3) is 0 Å². The summed E-state index contributed by atoms with van der Waals surface area (Å²) in [5.41, 5.74) is -0.248. The molecule has 0 bridgehead atoms. The zero-order valence-corrected chi connectivity index (χ0v) is 20.5. The zero-order chi connectivity index (χ0) is 27.3. The second-order valence-corrected chi connectivity index (χ2v) is 7.79. The number of halogens is 3. The van der Waals surface area contributed by atoms with Crippen molar-refractivity contribution < 1.29 is 36.9 Å². The molecule has 0 aliphatic carbocycles. The molecule has 2 N–H and O–H groups in total. The van der Waals surface area contributed by atoms with Crippen LogP contribution in [-0.4, -0.2) is 53.2 Å². The maximum Gasteiger partial charge on any atom is 0.435 e. The Labute approximate surface area is 214 Å². The molecule has 2 amide bonds. The summed E-state index contributed by atoms with van der Waals surface area (Å²) in [6.07, 6.45) is -3.30. The Bertz CT molecular complexity index is 1440. The Balaban J connectivity index is 1.50. The first-order valence-electron chi connectivity index (χ1n) is 11.1. The van der Waals surface area contributed by atoms with E-state index in [4.69, 9.17) is 18.9 Å². The number of rotatable bonds is 9. The third kappa shape index (κ3) is 6.21. The van der Waals surface area contributed by atoms with E-state index < -0.39 is 17.9 Å². The van der Waals surface area contributed by atoms with Gasteiger partial charge in [0.15, 0.2) is 17.2 Å². The number of methoxy groups -OCH3 is 2. The normalized spacial score (nSPS) is 11.3. The van der Waals surface area contributed by atoms with Gasteiger partial charge >= 0.3 is 12.2 Å². The van der Waals surface area contributed by atoms with E-state index >= 15 is 0 Å². The molecule has 0 aliphatic heterocycles. The van der Waals surface area contributed by atoms with Crippen molar-refractivity contribution >= 4 is 28.4 Å². The molecule has 38 heavy (non-hydrogen) atoms. The number of fused-ring (bicyclic) bond motifs is 1. The van der Waals surface area contributed by atoms with Crippen LogP contribution in [0.15, 0.2) is 48.8 Å². The molecule has 0 fully saturated rings. The fourth-order valence-corrected chi connectivity index (χ4v) is 3.38. The third-order valence-corrected chi connectivity index (χ3v) is 5.15. The van der Waals surface area contributed by atoms with E-state index in [0.717, 1.165) is 10.7 Å². The predicted octanol–water partition coefficient (Wildman–Crippen LogP) is 4.85. The van der Waals surface area contributed by atoms with Gasteiger partial charge in [0.1, 0.15) is 24.5 Å². The van der Waals surface area contributed by atoms with Gasteiger partial charge in [-0.2, -0.15) is 18.3 Å². The molecular weight excluding hydrogens is 509 g/mol. The lowest BCUT2D eigenvalue weighted by Crippen LogP contribution is -2.21. The highest BCUT2D eigenvalue weighted by molar-refractivity contribution is 5.99. The van der Waals surface area contributed by atoms with Gasteiger partial charge < -0.3 is 24.3 Å². The number of aromatic nitrogens is 4. The average molecular weight is 532 g/mol. The molecule has 2 aromatic carbocycles. The quantitative estimate of drug-likeness (QED) is 0.294. The van der Waals surface area contributed by atoms with E-state index in [-0.39, 0.29) is 11.7 Å². The summed E-state index contributed by atoms with van der Waals surface area (Å²) in [6.45, 7) is 0.725. The van der Waals surface area contributed by atoms with Gasteiger partial charge in [0, 0.05) is 38.0 Å². The monoisotopic (exact) mass is 532 g/mol. The van der Waals surface area contributed by atoms with Gasteiger partial charge in [-0.1, -0.05) is 6.07 Å². The Kier molecular flexibility index (Phi) is 7.81. The van der Waals surface area contributed by atoms with E-state index in [9.17, 15) is 18.0 Å². The van der Waals surface area contributed by atoms with Crippen molar-refractivity contribution in [3.63, 3.8) is 0 Å². The number of carbonyl (C=O) groups excluding carboxylic acids is 1. The number of benzene rings is 2. The van der Waals surface area contributed by atoms with Crippen molar-refractivity contribution in [2.75, 3.05) is 38.1 Å². The summed E-state index contributed by atoms with van der Waals surface area (Å²) < 4.78 is 61.6. The molecule has 0 spiro atoms. The molecule has 0 unspecified atom stereocenters. The number of urea groups is 1. The highest BCUT2D eigenvalue weighted by Crippen LogP contribution is 2.36. The predicted molar refractivity (Wildman–Crippen MR) is 131 cm³/mol. The van der Waals surface area contributed by atoms with Crippen molar-refractivity contribution in [3.05, 3.63) is 54.5 Å².